The molecule has 0 aliphatic carbocycles. The first-order valence-corrected chi connectivity index (χ1v) is 8.33. The van der Waals surface area contributed by atoms with E-state index < -0.39 is 10.0 Å². The number of phenols is 1. The average molecular weight is 312 g/mol. The molecule has 2 N–H and O–H groups in total. The minimum atomic E-state index is -3.83. The van der Waals surface area contributed by atoms with Gasteiger partial charge in [-0.3, -0.25) is 4.72 Å². The van der Waals surface area contributed by atoms with Crippen molar-refractivity contribution in [3.63, 3.8) is 0 Å². The molecule has 0 aliphatic rings. The lowest BCUT2D eigenvalue weighted by Crippen LogP contribution is -2.15. The number of aromatic hydroxyl groups is 1. The van der Waals surface area contributed by atoms with E-state index in [1.807, 2.05) is 26.2 Å². The van der Waals surface area contributed by atoms with Gasteiger partial charge in [0.2, 0.25) is 0 Å². The predicted octanol–water partition coefficient (Wildman–Crippen LogP) is 2.95. The summed E-state index contributed by atoms with van der Waals surface area (Å²) in [6, 6.07) is 5.79. The van der Waals surface area contributed by atoms with Gasteiger partial charge in [0.15, 0.2) is 5.13 Å². The fourth-order valence-electron chi connectivity index (χ4n) is 1.52. The van der Waals surface area contributed by atoms with Crippen LogP contribution in [0.5, 0.6) is 5.75 Å². The molecule has 0 bridgehead atoms. The Hall–Kier alpha value is -1.60. The zero-order valence-electron chi connectivity index (χ0n) is 11.4. The molecule has 1 aromatic carbocycles. The van der Waals surface area contributed by atoms with E-state index in [4.69, 9.17) is 0 Å². The summed E-state index contributed by atoms with van der Waals surface area (Å²) in [6.07, 6.45) is 0. The summed E-state index contributed by atoms with van der Waals surface area (Å²) in [6.45, 7) is 6.01. The van der Waals surface area contributed by atoms with Crippen LogP contribution in [0.15, 0.2) is 34.5 Å². The van der Waals surface area contributed by atoms with Gasteiger partial charge < -0.3 is 5.11 Å². The fraction of sp³-hybridized carbons (Fsp3) is 0.308. The molecule has 108 valence electrons. The van der Waals surface area contributed by atoms with Crippen LogP contribution >= 0.6 is 11.3 Å². The van der Waals surface area contributed by atoms with Crippen molar-refractivity contribution >= 4 is 26.5 Å². The second-order valence-corrected chi connectivity index (χ2v) is 7.87. The maximum atomic E-state index is 12.2. The lowest BCUT2D eigenvalue weighted by Gasteiger charge is -2.14. The van der Waals surface area contributed by atoms with Crippen LogP contribution in [0.25, 0.3) is 0 Å². The van der Waals surface area contributed by atoms with E-state index in [-0.39, 0.29) is 21.2 Å². The van der Waals surface area contributed by atoms with Gasteiger partial charge in [-0.05, 0) is 12.1 Å². The van der Waals surface area contributed by atoms with Crippen LogP contribution in [0, 0.1) is 0 Å². The Morgan fingerprint density at radius 2 is 1.90 bits per heavy atom. The van der Waals surface area contributed by atoms with E-state index in [1.54, 1.807) is 12.1 Å². The third kappa shape index (κ3) is 3.10. The van der Waals surface area contributed by atoms with Crippen LogP contribution in [0.3, 0.4) is 0 Å². The molecule has 0 radical (unpaired) electrons. The zero-order chi connectivity index (χ0) is 15.0. The van der Waals surface area contributed by atoms with E-state index in [1.165, 1.54) is 23.5 Å². The van der Waals surface area contributed by atoms with Crippen molar-refractivity contribution in [2.45, 2.75) is 31.1 Å². The number of sulfonamides is 1. The largest absolute Gasteiger partial charge is 0.507 e. The highest BCUT2D eigenvalue weighted by Gasteiger charge is 2.22. The molecule has 1 aromatic heterocycles. The van der Waals surface area contributed by atoms with E-state index >= 15 is 0 Å². The second kappa shape index (κ2) is 5.06. The summed E-state index contributed by atoms with van der Waals surface area (Å²) in [5.41, 5.74) is 0.673. The number of hydrogen-bond acceptors (Lipinski definition) is 5. The molecule has 0 saturated heterocycles. The van der Waals surface area contributed by atoms with Gasteiger partial charge in [-0.25, -0.2) is 13.4 Å². The minimum absolute atomic E-state index is 0.144. The summed E-state index contributed by atoms with van der Waals surface area (Å²) < 4.78 is 26.7. The van der Waals surface area contributed by atoms with Crippen LogP contribution in [0.4, 0.5) is 5.13 Å². The van der Waals surface area contributed by atoms with E-state index in [9.17, 15) is 13.5 Å². The van der Waals surface area contributed by atoms with Gasteiger partial charge in [-0.15, -0.1) is 11.3 Å². The molecule has 7 heteroatoms. The minimum Gasteiger partial charge on any atom is -0.507 e. The zero-order valence-corrected chi connectivity index (χ0v) is 13.0. The molecule has 0 spiro atoms. The van der Waals surface area contributed by atoms with Crippen molar-refractivity contribution in [2.24, 2.45) is 0 Å². The molecule has 0 unspecified atom stereocenters. The molecule has 20 heavy (non-hydrogen) atoms. The lowest BCUT2D eigenvalue weighted by atomic mass is 9.93. The number of thiazole rings is 1. The van der Waals surface area contributed by atoms with Gasteiger partial charge in [0.05, 0.1) is 5.69 Å². The molecular weight excluding hydrogens is 296 g/mol. The Balaban J connectivity index is 2.30. The van der Waals surface area contributed by atoms with Crippen molar-refractivity contribution in [3.8, 4) is 5.75 Å². The highest BCUT2D eigenvalue weighted by Crippen LogP contribution is 2.29. The molecule has 0 aliphatic heterocycles. The fourth-order valence-corrected chi connectivity index (χ4v) is 3.81. The first kappa shape index (κ1) is 14.8. The van der Waals surface area contributed by atoms with Gasteiger partial charge in [0.25, 0.3) is 10.0 Å². The monoisotopic (exact) mass is 312 g/mol. The van der Waals surface area contributed by atoms with Crippen LogP contribution in [0.1, 0.15) is 26.5 Å². The molecule has 0 fully saturated rings. The molecule has 2 rings (SSSR count). The van der Waals surface area contributed by atoms with Crippen molar-refractivity contribution in [1.82, 2.24) is 4.98 Å². The summed E-state index contributed by atoms with van der Waals surface area (Å²) in [7, 11) is -3.83. The second-order valence-electron chi connectivity index (χ2n) is 5.36. The maximum absolute atomic E-state index is 12.2. The Morgan fingerprint density at radius 1 is 1.25 bits per heavy atom. The first-order valence-electron chi connectivity index (χ1n) is 5.97. The number of rotatable bonds is 3. The molecule has 5 nitrogen and oxygen atoms in total. The number of anilines is 1. The summed E-state index contributed by atoms with van der Waals surface area (Å²) in [4.78, 5) is 4.11. The Morgan fingerprint density at radius 3 is 2.45 bits per heavy atom. The Bertz CT molecular complexity index is 715. The molecule has 0 amide bonds. The predicted molar refractivity (Wildman–Crippen MR) is 79.7 cm³/mol. The van der Waals surface area contributed by atoms with Gasteiger partial charge in [0.1, 0.15) is 10.6 Å². The van der Waals surface area contributed by atoms with E-state index in [0.717, 1.165) is 5.69 Å². The number of nitrogens with one attached hydrogen (secondary N) is 1. The quantitative estimate of drug-likeness (QED) is 0.913. The van der Waals surface area contributed by atoms with Crippen molar-refractivity contribution in [3.05, 3.63) is 35.3 Å². The summed E-state index contributed by atoms with van der Waals surface area (Å²) in [5.74, 6) is -0.285. The SMILES string of the molecule is CC(C)(C)c1csc(NS(=O)(=O)c2ccccc2O)n1. The van der Waals surface area contributed by atoms with Gasteiger partial charge in [-0.1, -0.05) is 32.9 Å². The lowest BCUT2D eigenvalue weighted by molar-refractivity contribution is 0.459. The molecule has 0 atom stereocenters. The van der Waals surface area contributed by atoms with Crippen LogP contribution in [0.2, 0.25) is 0 Å². The van der Waals surface area contributed by atoms with Gasteiger partial charge >= 0.3 is 0 Å². The Labute approximate surface area is 122 Å². The smallest absolute Gasteiger partial charge is 0.267 e. The maximum Gasteiger partial charge on any atom is 0.267 e. The third-order valence-corrected chi connectivity index (χ3v) is 4.92. The van der Waals surface area contributed by atoms with Crippen LogP contribution in [-0.2, 0) is 15.4 Å². The topological polar surface area (TPSA) is 79.3 Å². The highest BCUT2D eigenvalue weighted by molar-refractivity contribution is 7.93. The number of para-hydroxylation sites is 1. The first-order chi connectivity index (χ1) is 9.20. The molecule has 1 heterocycles. The molecular formula is C13H16N2O3S2. The number of hydrogen-bond donors (Lipinski definition) is 2. The normalized spacial score (nSPS) is 12.3. The summed E-state index contributed by atoms with van der Waals surface area (Å²) >= 11 is 1.22. The number of aromatic nitrogens is 1. The number of phenolic OH excluding ortho intramolecular Hbond substituents is 1. The van der Waals surface area contributed by atoms with Crippen LogP contribution in [-0.4, -0.2) is 18.5 Å². The number of benzene rings is 1. The molecule has 2 aromatic rings. The van der Waals surface area contributed by atoms with Gasteiger partial charge in [0, 0.05) is 10.8 Å². The highest BCUT2D eigenvalue weighted by atomic mass is 32.2. The van der Waals surface area contributed by atoms with Crippen LogP contribution < -0.4 is 4.72 Å². The third-order valence-electron chi connectivity index (χ3n) is 2.65. The van der Waals surface area contributed by atoms with Gasteiger partial charge in [-0.2, -0.15) is 0 Å². The Kier molecular flexibility index (Phi) is 3.75. The van der Waals surface area contributed by atoms with Crippen molar-refractivity contribution in [2.75, 3.05) is 4.72 Å². The molecule has 0 saturated carbocycles. The number of nitrogens with zero attached hydrogens (tertiary/aromatic N) is 1. The van der Waals surface area contributed by atoms with E-state index in [0.29, 0.717) is 0 Å². The van der Waals surface area contributed by atoms with Crippen molar-refractivity contribution < 1.29 is 13.5 Å². The van der Waals surface area contributed by atoms with E-state index in [2.05, 4.69) is 9.71 Å². The standard InChI is InChI=1S/C13H16N2O3S2/c1-13(2,3)11-8-19-12(14-11)15-20(17,18)10-7-5-4-6-9(10)16/h4-8,16H,1-3H3,(H,14,15). The average Bonchev–Trinajstić information content (AvgIpc) is 2.76. The summed E-state index contributed by atoms with van der Waals surface area (Å²) in [5, 5.41) is 11.7. The van der Waals surface area contributed by atoms with Crippen molar-refractivity contribution in [1.29, 1.82) is 0 Å².